The van der Waals surface area contributed by atoms with Crippen molar-refractivity contribution < 1.29 is 32.6 Å². The number of hydrogen-bond donors (Lipinski definition) is 2. The second-order valence-electron chi connectivity index (χ2n) is 10.3. The van der Waals surface area contributed by atoms with E-state index in [1.807, 2.05) is 4.90 Å². The molecule has 1 aromatic rings. The van der Waals surface area contributed by atoms with Gasteiger partial charge >= 0.3 is 12.3 Å². The highest BCUT2D eigenvalue weighted by Gasteiger charge is 2.51. The predicted octanol–water partition coefficient (Wildman–Crippen LogP) is 4.78. The number of aliphatic hydroxyl groups excluding tert-OH is 1. The third-order valence-corrected chi connectivity index (χ3v) is 7.46. The molecule has 0 radical (unpaired) electrons. The fourth-order valence-electron chi connectivity index (χ4n) is 5.76. The zero-order valence-corrected chi connectivity index (χ0v) is 20.2. The van der Waals surface area contributed by atoms with Gasteiger partial charge in [0.2, 0.25) is 5.91 Å². The Bertz CT molecular complexity index is 946. The molecule has 2 N–H and O–H groups in total. The molecule has 2 heterocycles. The molecule has 4 rings (SSSR count). The topological polar surface area (TPSA) is 82.1 Å². The lowest BCUT2D eigenvalue weighted by atomic mass is 9.78. The largest absolute Gasteiger partial charge is 0.447 e. The Labute approximate surface area is 203 Å². The number of alkyl halides is 3. The average Bonchev–Trinajstić information content (AvgIpc) is 3.08. The number of aliphatic hydroxyl groups is 1. The van der Waals surface area contributed by atoms with Gasteiger partial charge in [0.1, 0.15) is 0 Å². The van der Waals surface area contributed by atoms with Crippen molar-refractivity contribution in [1.82, 2.24) is 4.90 Å². The Morgan fingerprint density at radius 2 is 1.89 bits per heavy atom. The Balaban J connectivity index is 1.54. The number of anilines is 2. The summed E-state index contributed by atoms with van der Waals surface area (Å²) < 4.78 is 47.1. The van der Waals surface area contributed by atoms with Crippen LogP contribution in [0.3, 0.4) is 0 Å². The first kappa shape index (κ1) is 25.6. The van der Waals surface area contributed by atoms with Gasteiger partial charge in [-0.3, -0.25) is 10.1 Å². The minimum atomic E-state index is -4.63. The van der Waals surface area contributed by atoms with Crippen LogP contribution in [0.15, 0.2) is 18.2 Å². The van der Waals surface area contributed by atoms with Gasteiger partial charge in [-0.2, -0.15) is 13.2 Å². The molecule has 2 amide bonds. The molecule has 1 atom stereocenters. The summed E-state index contributed by atoms with van der Waals surface area (Å²) in [6.45, 7) is 4.58. The smallest absolute Gasteiger partial charge is 0.418 e. The van der Waals surface area contributed by atoms with E-state index in [1.165, 1.54) is 12.1 Å². The van der Waals surface area contributed by atoms with Crippen molar-refractivity contribution in [3.63, 3.8) is 0 Å². The maximum atomic E-state index is 14.0. The molecule has 1 saturated carbocycles. The number of carbonyl (C=O) groups excluding carboxylic acids is 2. The molecule has 2 saturated heterocycles. The van der Waals surface area contributed by atoms with Gasteiger partial charge in [-0.25, -0.2) is 4.79 Å². The van der Waals surface area contributed by atoms with Gasteiger partial charge in [-0.1, -0.05) is 0 Å². The number of carbonyl (C=O) groups is 2. The van der Waals surface area contributed by atoms with Crippen molar-refractivity contribution in [2.75, 3.05) is 29.9 Å². The number of hydrogen-bond acceptors (Lipinski definition) is 5. The van der Waals surface area contributed by atoms with Crippen molar-refractivity contribution in [3.05, 3.63) is 23.8 Å². The summed E-state index contributed by atoms with van der Waals surface area (Å²) in [5.74, 6) is 0.0341. The molecule has 0 bridgehead atoms. The van der Waals surface area contributed by atoms with Crippen molar-refractivity contribution in [2.24, 2.45) is 5.41 Å². The van der Waals surface area contributed by atoms with E-state index in [4.69, 9.17) is 4.74 Å². The third-order valence-electron chi connectivity index (χ3n) is 7.46. The van der Waals surface area contributed by atoms with Gasteiger partial charge in [0.15, 0.2) is 0 Å². The van der Waals surface area contributed by atoms with Gasteiger partial charge in [-0.15, -0.1) is 0 Å². The SMILES string of the molecule is CC(C)OC(=O)Nc1ccc(N2CCC[C@@]3(CCN([C@H]4CC[C@H](O)CC4)C3=O)C2)c(C(F)(F)F)c1. The standard InChI is InChI=1S/C25H34F3N3O4/c1-16(2)35-23(34)29-17-4-9-21(20(14-17)25(26,27)28)30-12-3-10-24(15-30)11-13-31(22(24)33)18-5-7-19(32)8-6-18/h4,9,14,16,18-19,32H,3,5-8,10-13,15H2,1-2H3,(H,29,34)/t18-,19-,24-/m1/s1. The van der Waals surface area contributed by atoms with E-state index in [1.54, 1.807) is 18.7 Å². The van der Waals surface area contributed by atoms with E-state index in [0.717, 1.165) is 18.9 Å². The number of benzene rings is 1. The second-order valence-corrected chi connectivity index (χ2v) is 10.3. The molecule has 0 aromatic heterocycles. The summed E-state index contributed by atoms with van der Waals surface area (Å²) in [7, 11) is 0. The van der Waals surface area contributed by atoms with Crippen LogP contribution in [0.25, 0.3) is 0 Å². The maximum absolute atomic E-state index is 14.0. The van der Waals surface area contributed by atoms with E-state index >= 15 is 0 Å². The first-order valence-corrected chi connectivity index (χ1v) is 12.4. The van der Waals surface area contributed by atoms with Crippen LogP contribution in [-0.2, 0) is 15.7 Å². The third kappa shape index (κ3) is 5.52. The van der Waals surface area contributed by atoms with Crippen molar-refractivity contribution in [1.29, 1.82) is 0 Å². The van der Waals surface area contributed by atoms with Crippen LogP contribution < -0.4 is 10.2 Å². The highest BCUT2D eigenvalue weighted by atomic mass is 19.4. The van der Waals surface area contributed by atoms with Crippen LogP contribution >= 0.6 is 0 Å². The average molecular weight is 498 g/mol. The molecule has 194 valence electrons. The van der Waals surface area contributed by atoms with Gasteiger partial charge in [0.05, 0.1) is 23.2 Å². The lowest BCUT2D eigenvalue weighted by Gasteiger charge is -2.42. The summed E-state index contributed by atoms with van der Waals surface area (Å²) in [6.07, 6.45) is -1.37. The van der Waals surface area contributed by atoms with E-state index in [9.17, 15) is 27.9 Å². The van der Waals surface area contributed by atoms with Gasteiger partial charge in [-0.05, 0) is 77.0 Å². The Morgan fingerprint density at radius 3 is 2.54 bits per heavy atom. The van der Waals surface area contributed by atoms with Crippen molar-refractivity contribution in [3.8, 4) is 0 Å². The first-order chi connectivity index (χ1) is 16.5. The van der Waals surface area contributed by atoms with Gasteiger partial charge in [0, 0.05) is 37.1 Å². The quantitative estimate of drug-likeness (QED) is 0.626. The Kier molecular flexibility index (Phi) is 7.22. The van der Waals surface area contributed by atoms with Crippen LogP contribution in [0.5, 0.6) is 0 Å². The van der Waals surface area contributed by atoms with E-state index < -0.39 is 29.4 Å². The molecule has 3 fully saturated rings. The van der Waals surface area contributed by atoms with E-state index in [0.29, 0.717) is 45.2 Å². The monoisotopic (exact) mass is 497 g/mol. The summed E-state index contributed by atoms with van der Waals surface area (Å²) in [5.41, 5.74) is -1.51. The molecule has 0 unspecified atom stereocenters. The zero-order valence-electron chi connectivity index (χ0n) is 20.2. The number of amides is 2. The summed E-state index contributed by atoms with van der Waals surface area (Å²) in [5, 5.41) is 12.2. The Hall–Kier alpha value is -2.49. The summed E-state index contributed by atoms with van der Waals surface area (Å²) >= 11 is 0. The Morgan fingerprint density at radius 1 is 1.17 bits per heavy atom. The summed E-state index contributed by atoms with van der Waals surface area (Å²) in [6, 6.07) is 3.83. The van der Waals surface area contributed by atoms with E-state index in [2.05, 4.69) is 5.32 Å². The van der Waals surface area contributed by atoms with Crippen LogP contribution in [0.4, 0.5) is 29.3 Å². The molecule has 1 spiro atoms. The molecule has 2 aliphatic heterocycles. The number of ether oxygens (including phenoxy) is 1. The number of likely N-dealkylation sites (tertiary alicyclic amines) is 1. The molecule has 1 aliphatic carbocycles. The maximum Gasteiger partial charge on any atom is 0.418 e. The molecule has 1 aromatic carbocycles. The number of piperidine rings is 1. The lowest BCUT2D eigenvalue weighted by Crippen LogP contribution is -2.50. The molecule has 7 nitrogen and oxygen atoms in total. The minimum Gasteiger partial charge on any atom is -0.447 e. The van der Waals surface area contributed by atoms with Crippen LogP contribution in [0.1, 0.15) is 64.4 Å². The highest BCUT2D eigenvalue weighted by molar-refractivity contribution is 5.87. The fraction of sp³-hybridized carbons (Fsp3) is 0.680. The molecule has 35 heavy (non-hydrogen) atoms. The molecular formula is C25H34F3N3O4. The second kappa shape index (κ2) is 9.87. The first-order valence-electron chi connectivity index (χ1n) is 12.4. The van der Waals surface area contributed by atoms with Crippen LogP contribution in [0, 0.1) is 5.41 Å². The van der Waals surface area contributed by atoms with Crippen LogP contribution in [0.2, 0.25) is 0 Å². The zero-order chi connectivity index (χ0) is 25.4. The van der Waals surface area contributed by atoms with Gasteiger partial charge < -0.3 is 19.6 Å². The lowest BCUT2D eigenvalue weighted by molar-refractivity contribution is -0.139. The highest BCUT2D eigenvalue weighted by Crippen LogP contribution is 2.46. The molecular weight excluding hydrogens is 463 g/mol. The predicted molar refractivity (Wildman–Crippen MR) is 125 cm³/mol. The summed E-state index contributed by atoms with van der Waals surface area (Å²) in [4.78, 5) is 29.0. The number of nitrogens with zero attached hydrogens (tertiary/aromatic N) is 2. The van der Waals surface area contributed by atoms with Crippen molar-refractivity contribution in [2.45, 2.75) is 83.2 Å². The van der Waals surface area contributed by atoms with Gasteiger partial charge in [0.25, 0.3) is 0 Å². The molecule has 10 heteroatoms. The number of rotatable bonds is 4. The molecule has 3 aliphatic rings. The minimum absolute atomic E-state index is 0.000974. The van der Waals surface area contributed by atoms with Crippen molar-refractivity contribution >= 4 is 23.4 Å². The van der Waals surface area contributed by atoms with E-state index in [-0.39, 0.29) is 36.0 Å². The number of nitrogens with one attached hydrogen (secondary N) is 1. The fourth-order valence-corrected chi connectivity index (χ4v) is 5.76. The van der Waals surface area contributed by atoms with Crippen LogP contribution in [-0.4, -0.2) is 59.9 Å². The normalized spacial score (nSPS) is 27.6. The number of halogens is 3.